The highest BCUT2D eigenvalue weighted by atomic mass is 32.2. The molecule has 30 heavy (non-hydrogen) atoms. The maximum absolute atomic E-state index is 12.8. The van der Waals surface area contributed by atoms with Gasteiger partial charge in [0.05, 0.1) is 10.5 Å². The Hall–Kier alpha value is -3.08. The van der Waals surface area contributed by atoms with Crippen LogP contribution in [-0.4, -0.2) is 8.42 Å². The standard InChI is InChI=1S/C23H18F3NO2S/c1-17-7-14-21(15-8-17)30(28,29)27-22(19-5-3-2-4-6-19)16-11-18-9-12-20(13-10-18)23(24,25)26/h2-10,12-15,22,27H,1H3. The maximum atomic E-state index is 12.8. The van der Waals surface area contributed by atoms with Crippen LogP contribution >= 0.6 is 0 Å². The maximum Gasteiger partial charge on any atom is 0.416 e. The minimum Gasteiger partial charge on any atom is -0.207 e. The molecule has 0 aliphatic heterocycles. The van der Waals surface area contributed by atoms with Crippen LogP contribution in [-0.2, 0) is 16.2 Å². The third kappa shape index (κ3) is 5.50. The van der Waals surface area contributed by atoms with Gasteiger partial charge in [0.25, 0.3) is 0 Å². The Kier molecular flexibility index (Phi) is 6.30. The summed E-state index contributed by atoms with van der Waals surface area (Å²) in [5.74, 6) is 5.59. The topological polar surface area (TPSA) is 46.2 Å². The van der Waals surface area contributed by atoms with Crippen LogP contribution in [0, 0.1) is 18.8 Å². The quantitative estimate of drug-likeness (QED) is 0.588. The normalized spacial score (nSPS) is 12.7. The molecule has 0 saturated heterocycles. The molecule has 0 bridgehead atoms. The molecule has 0 saturated carbocycles. The third-order valence-electron chi connectivity index (χ3n) is 4.31. The van der Waals surface area contributed by atoms with Crippen molar-refractivity contribution >= 4 is 10.0 Å². The number of benzene rings is 3. The van der Waals surface area contributed by atoms with Crippen molar-refractivity contribution in [2.75, 3.05) is 0 Å². The van der Waals surface area contributed by atoms with Gasteiger partial charge >= 0.3 is 6.18 Å². The molecule has 0 aliphatic carbocycles. The number of hydrogen-bond acceptors (Lipinski definition) is 2. The summed E-state index contributed by atoms with van der Waals surface area (Å²) in [6.45, 7) is 1.85. The van der Waals surface area contributed by atoms with Gasteiger partial charge in [-0.25, -0.2) is 8.42 Å². The number of sulfonamides is 1. The molecule has 7 heteroatoms. The summed E-state index contributed by atoms with van der Waals surface area (Å²) < 4.78 is 66.3. The van der Waals surface area contributed by atoms with Crippen LogP contribution < -0.4 is 4.72 Å². The van der Waals surface area contributed by atoms with Crippen molar-refractivity contribution < 1.29 is 21.6 Å². The molecule has 1 unspecified atom stereocenters. The van der Waals surface area contributed by atoms with Gasteiger partial charge in [0.1, 0.15) is 6.04 Å². The van der Waals surface area contributed by atoms with Crippen molar-refractivity contribution in [1.82, 2.24) is 4.72 Å². The molecule has 3 nitrogen and oxygen atoms in total. The number of halogens is 3. The van der Waals surface area contributed by atoms with Gasteiger partial charge in [-0.05, 0) is 48.9 Å². The average Bonchev–Trinajstić information content (AvgIpc) is 2.72. The zero-order valence-corrected chi connectivity index (χ0v) is 16.8. The first-order valence-electron chi connectivity index (χ1n) is 8.98. The zero-order valence-electron chi connectivity index (χ0n) is 15.9. The van der Waals surface area contributed by atoms with Crippen molar-refractivity contribution in [3.05, 3.63) is 101 Å². The Labute approximate surface area is 173 Å². The van der Waals surface area contributed by atoms with Crippen molar-refractivity contribution in [3.63, 3.8) is 0 Å². The Morgan fingerprint density at radius 2 is 1.47 bits per heavy atom. The number of alkyl halides is 3. The van der Waals surface area contributed by atoms with E-state index in [1.807, 2.05) is 6.92 Å². The molecule has 0 heterocycles. The Balaban J connectivity index is 1.91. The first-order chi connectivity index (χ1) is 14.1. The summed E-state index contributed by atoms with van der Waals surface area (Å²) in [6, 6.07) is 18.7. The van der Waals surface area contributed by atoms with E-state index in [0.29, 0.717) is 11.1 Å². The van der Waals surface area contributed by atoms with E-state index in [2.05, 4.69) is 16.6 Å². The van der Waals surface area contributed by atoms with E-state index in [1.54, 1.807) is 42.5 Å². The van der Waals surface area contributed by atoms with Gasteiger partial charge in [0.15, 0.2) is 0 Å². The highest BCUT2D eigenvalue weighted by Gasteiger charge is 2.29. The number of nitrogens with one attached hydrogen (secondary N) is 1. The number of aryl methyl sites for hydroxylation is 1. The average molecular weight is 429 g/mol. The van der Waals surface area contributed by atoms with Crippen molar-refractivity contribution in [1.29, 1.82) is 0 Å². The monoisotopic (exact) mass is 429 g/mol. The first-order valence-corrected chi connectivity index (χ1v) is 10.5. The Bertz CT molecular complexity index is 1160. The minimum absolute atomic E-state index is 0.102. The van der Waals surface area contributed by atoms with E-state index in [-0.39, 0.29) is 4.90 Å². The van der Waals surface area contributed by atoms with E-state index in [0.717, 1.165) is 17.7 Å². The summed E-state index contributed by atoms with van der Waals surface area (Å²) in [5, 5.41) is 0. The highest BCUT2D eigenvalue weighted by Crippen LogP contribution is 2.29. The Morgan fingerprint density at radius 1 is 0.867 bits per heavy atom. The van der Waals surface area contributed by atoms with Gasteiger partial charge < -0.3 is 0 Å². The molecule has 0 aromatic heterocycles. The van der Waals surface area contributed by atoms with Crippen LogP contribution in [0.3, 0.4) is 0 Å². The highest BCUT2D eigenvalue weighted by molar-refractivity contribution is 7.89. The summed E-state index contributed by atoms with van der Waals surface area (Å²) in [4.78, 5) is 0.102. The van der Waals surface area contributed by atoms with E-state index < -0.39 is 27.8 Å². The lowest BCUT2D eigenvalue weighted by atomic mass is 10.1. The predicted octanol–water partition coefficient (Wildman–Crippen LogP) is 5.09. The fourth-order valence-electron chi connectivity index (χ4n) is 2.66. The molecular formula is C23H18F3NO2S. The van der Waals surface area contributed by atoms with Gasteiger partial charge in [-0.3, -0.25) is 0 Å². The second-order valence-electron chi connectivity index (χ2n) is 6.62. The zero-order chi connectivity index (χ0) is 21.8. The number of rotatable bonds is 4. The molecule has 0 fully saturated rings. The van der Waals surface area contributed by atoms with E-state index in [9.17, 15) is 21.6 Å². The summed E-state index contributed by atoms with van der Waals surface area (Å²) in [6.07, 6.45) is -4.43. The Morgan fingerprint density at radius 3 is 2.03 bits per heavy atom. The van der Waals surface area contributed by atoms with Crippen LogP contribution in [0.15, 0.2) is 83.8 Å². The third-order valence-corrected chi connectivity index (χ3v) is 5.75. The van der Waals surface area contributed by atoms with Crippen LogP contribution in [0.4, 0.5) is 13.2 Å². The minimum atomic E-state index is -4.43. The molecule has 1 N–H and O–H groups in total. The summed E-state index contributed by atoms with van der Waals surface area (Å²) >= 11 is 0. The molecule has 0 spiro atoms. The van der Waals surface area contributed by atoms with Crippen LogP contribution in [0.25, 0.3) is 0 Å². The smallest absolute Gasteiger partial charge is 0.207 e. The van der Waals surface area contributed by atoms with E-state index in [1.165, 1.54) is 24.3 Å². The van der Waals surface area contributed by atoms with Gasteiger partial charge in [-0.15, -0.1) is 0 Å². The molecule has 3 aromatic carbocycles. The van der Waals surface area contributed by atoms with Gasteiger partial charge in [0.2, 0.25) is 10.0 Å². The van der Waals surface area contributed by atoms with E-state index >= 15 is 0 Å². The fourth-order valence-corrected chi connectivity index (χ4v) is 3.80. The predicted molar refractivity (Wildman–Crippen MR) is 109 cm³/mol. The lowest BCUT2D eigenvalue weighted by Crippen LogP contribution is -2.28. The van der Waals surface area contributed by atoms with Crippen LogP contribution in [0.2, 0.25) is 0 Å². The second-order valence-corrected chi connectivity index (χ2v) is 8.34. The van der Waals surface area contributed by atoms with Crippen molar-refractivity contribution in [3.8, 4) is 11.8 Å². The molecule has 154 valence electrons. The fraction of sp³-hybridized carbons (Fsp3) is 0.130. The summed E-state index contributed by atoms with van der Waals surface area (Å²) in [5.41, 5.74) is 1.12. The molecule has 1 atom stereocenters. The van der Waals surface area contributed by atoms with Crippen LogP contribution in [0.5, 0.6) is 0 Å². The molecular weight excluding hydrogens is 411 g/mol. The van der Waals surface area contributed by atoms with Crippen molar-refractivity contribution in [2.45, 2.75) is 24.0 Å². The van der Waals surface area contributed by atoms with Gasteiger partial charge in [0, 0.05) is 5.56 Å². The number of hydrogen-bond donors (Lipinski definition) is 1. The van der Waals surface area contributed by atoms with Crippen molar-refractivity contribution in [2.24, 2.45) is 0 Å². The summed E-state index contributed by atoms with van der Waals surface area (Å²) in [7, 11) is -3.86. The first kappa shape index (κ1) is 21.6. The van der Waals surface area contributed by atoms with Gasteiger partial charge in [-0.1, -0.05) is 59.9 Å². The molecule has 0 radical (unpaired) electrons. The van der Waals surface area contributed by atoms with Crippen LogP contribution in [0.1, 0.15) is 28.3 Å². The second kappa shape index (κ2) is 8.74. The SMILES string of the molecule is Cc1ccc(S(=O)(=O)NC(C#Cc2ccc(C(F)(F)F)cc2)c2ccccc2)cc1. The molecule has 0 amide bonds. The molecule has 3 aromatic rings. The largest absolute Gasteiger partial charge is 0.416 e. The van der Waals surface area contributed by atoms with E-state index in [4.69, 9.17) is 0 Å². The lowest BCUT2D eigenvalue weighted by Gasteiger charge is -2.14. The lowest BCUT2D eigenvalue weighted by molar-refractivity contribution is -0.137. The van der Waals surface area contributed by atoms with Gasteiger partial charge in [-0.2, -0.15) is 17.9 Å². The molecule has 0 aliphatic rings. The molecule has 3 rings (SSSR count).